The monoisotopic (exact) mass is 375 g/mol. The summed E-state index contributed by atoms with van der Waals surface area (Å²) in [6, 6.07) is 16.2. The second-order valence-electron chi connectivity index (χ2n) is 6.40. The van der Waals surface area contributed by atoms with Crippen LogP contribution in [0.3, 0.4) is 0 Å². The first-order valence-corrected chi connectivity index (χ1v) is 8.76. The minimum Gasteiger partial charge on any atom is -0.465 e. The summed E-state index contributed by atoms with van der Waals surface area (Å²) >= 11 is 0. The number of hydrogen-bond donors (Lipinski definition) is 2. The van der Waals surface area contributed by atoms with Crippen molar-refractivity contribution in [1.82, 2.24) is 4.98 Å². The SMILES string of the molecule is COC(=O)c1ccc(Nc2ccc(C(=O)Nc3cc(C)ccc3C)nc2)cc1. The van der Waals surface area contributed by atoms with Gasteiger partial charge in [-0.05, 0) is 67.4 Å². The normalized spacial score (nSPS) is 10.2. The molecule has 3 rings (SSSR count). The van der Waals surface area contributed by atoms with Crippen LogP contribution in [0.4, 0.5) is 17.1 Å². The number of aryl methyl sites for hydroxylation is 2. The highest BCUT2D eigenvalue weighted by Gasteiger charge is 2.10. The van der Waals surface area contributed by atoms with Gasteiger partial charge in [-0.15, -0.1) is 0 Å². The van der Waals surface area contributed by atoms with Crippen molar-refractivity contribution in [3.05, 3.63) is 83.2 Å². The number of hydrogen-bond acceptors (Lipinski definition) is 5. The van der Waals surface area contributed by atoms with Gasteiger partial charge in [0.25, 0.3) is 5.91 Å². The van der Waals surface area contributed by atoms with Crippen LogP contribution in [0, 0.1) is 13.8 Å². The number of carbonyl (C=O) groups is 2. The highest BCUT2D eigenvalue weighted by Crippen LogP contribution is 2.19. The van der Waals surface area contributed by atoms with Gasteiger partial charge in [0.2, 0.25) is 0 Å². The largest absolute Gasteiger partial charge is 0.465 e. The quantitative estimate of drug-likeness (QED) is 0.643. The minimum absolute atomic E-state index is 0.261. The Balaban J connectivity index is 1.66. The number of rotatable bonds is 5. The van der Waals surface area contributed by atoms with Crippen molar-refractivity contribution in [1.29, 1.82) is 0 Å². The molecule has 6 heteroatoms. The van der Waals surface area contributed by atoms with Crippen molar-refractivity contribution >= 4 is 28.9 Å². The maximum absolute atomic E-state index is 12.4. The number of aromatic nitrogens is 1. The van der Waals surface area contributed by atoms with Crippen LogP contribution in [-0.4, -0.2) is 24.0 Å². The maximum atomic E-state index is 12.4. The predicted molar refractivity (Wildman–Crippen MR) is 109 cm³/mol. The van der Waals surface area contributed by atoms with E-state index in [1.807, 2.05) is 32.0 Å². The summed E-state index contributed by atoms with van der Waals surface area (Å²) < 4.78 is 4.68. The number of nitrogens with one attached hydrogen (secondary N) is 2. The summed E-state index contributed by atoms with van der Waals surface area (Å²) in [6.45, 7) is 3.92. The standard InChI is InChI=1S/C22H21N3O3/c1-14-4-5-15(2)20(12-14)25-21(26)19-11-10-18(13-23-19)24-17-8-6-16(7-9-17)22(27)28-3/h4-13,24H,1-3H3,(H,25,26). The lowest BCUT2D eigenvalue weighted by Gasteiger charge is -2.10. The third-order valence-corrected chi connectivity index (χ3v) is 4.23. The van der Waals surface area contributed by atoms with Gasteiger partial charge in [0.1, 0.15) is 5.69 Å². The van der Waals surface area contributed by atoms with Gasteiger partial charge in [0.15, 0.2) is 0 Å². The lowest BCUT2D eigenvalue weighted by Crippen LogP contribution is -2.14. The fourth-order valence-electron chi connectivity index (χ4n) is 2.63. The number of esters is 1. The molecule has 0 fully saturated rings. The van der Waals surface area contributed by atoms with E-state index in [1.165, 1.54) is 7.11 Å². The Labute approximate surface area is 163 Å². The van der Waals surface area contributed by atoms with Crippen LogP contribution in [0.25, 0.3) is 0 Å². The minimum atomic E-state index is -0.382. The molecule has 0 unspecified atom stereocenters. The van der Waals surface area contributed by atoms with Gasteiger partial charge >= 0.3 is 5.97 Å². The molecule has 2 N–H and O–H groups in total. The number of benzene rings is 2. The Kier molecular flexibility index (Phi) is 5.69. The molecule has 0 saturated carbocycles. The molecule has 1 aromatic heterocycles. The topological polar surface area (TPSA) is 80.3 Å². The van der Waals surface area contributed by atoms with E-state index in [2.05, 4.69) is 20.4 Å². The molecular weight excluding hydrogens is 354 g/mol. The summed E-state index contributed by atoms with van der Waals surface area (Å²) in [4.78, 5) is 28.1. The molecule has 2 aromatic carbocycles. The Morgan fingerprint density at radius 3 is 2.29 bits per heavy atom. The second-order valence-corrected chi connectivity index (χ2v) is 6.40. The zero-order chi connectivity index (χ0) is 20.1. The first-order valence-electron chi connectivity index (χ1n) is 8.76. The van der Waals surface area contributed by atoms with Gasteiger partial charge in [-0.2, -0.15) is 0 Å². The maximum Gasteiger partial charge on any atom is 0.337 e. The van der Waals surface area contributed by atoms with E-state index in [0.29, 0.717) is 11.3 Å². The van der Waals surface area contributed by atoms with Crippen LogP contribution in [0.5, 0.6) is 0 Å². The highest BCUT2D eigenvalue weighted by molar-refractivity contribution is 6.03. The Morgan fingerprint density at radius 1 is 0.929 bits per heavy atom. The molecule has 0 radical (unpaired) electrons. The summed E-state index contributed by atoms with van der Waals surface area (Å²) in [5.41, 5.74) is 5.17. The highest BCUT2D eigenvalue weighted by atomic mass is 16.5. The molecule has 0 saturated heterocycles. The lowest BCUT2D eigenvalue weighted by molar-refractivity contribution is 0.0600. The van der Waals surface area contributed by atoms with Crippen molar-refractivity contribution in [2.75, 3.05) is 17.7 Å². The van der Waals surface area contributed by atoms with Gasteiger partial charge in [0.05, 0.1) is 24.6 Å². The number of anilines is 3. The summed E-state index contributed by atoms with van der Waals surface area (Å²) in [7, 11) is 1.35. The molecule has 0 aliphatic rings. The van der Waals surface area contributed by atoms with Gasteiger partial charge in [0, 0.05) is 11.4 Å². The Bertz CT molecular complexity index is 997. The van der Waals surface area contributed by atoms with Crippen LogP contribution in [0.15, 0.2) is 60.8 Å². The average Bonchev–Trinajstić information content (AvgIpc) is 2.71. The fraction of sp³-hybridized carbons (Fsp3) is 0.136. The van der Waals surface area contributed by atoms with E-state index in [9.17, 15) is 9.59 Å². The summed E-state index contributed by atoms with van der Waals surface area (Å²) in [5, 5.41) is 6.07. The zero-order valence-corrected chi connectivity index (χ0v) is 15.9. The molecule has 142 valence electrons. The van der Waals surface area contributed by atoms with Crippen molar-refractivity contribution in [2.45, 2.75) is 13.8 Å². The molecule has 3 aromatic rings. The summed E-state index contributed by atoms with van der Waals surface area (Å²) in [5.74, 6) is -0.643. The third kappa shape index (κ3) is 4.54. The lowest BCUT2D eigenvalue weighted by atomic mass is 10.1. The van der Waals surface area contributed by atoms with Crippen LogP contribution in [-0.2, 0) is 4.74 Å². The number of methoxy groups -OCH3 is 1. The molecule has 6 nitrogen and oxygen atoms in total. The fourth-order valence-corrected chi connectivity index (χ4v) is 2.63. The Hall–Kier alpha value is -3.67. The predicted octanol–water partition coefficient (Wildman–Crippen LogP) is 4.48. The van der Waals surface area contributed by atoms with Crippen LogP contribution in [0.2, 0.25) is 0 Å². The number of nitrogens with zero attached hydrogens (tertiary/aromatic N) is 1. The van der Waals surface area contributed by atoms with Crippen molar-refractivity contribution in [2.24, 2.45) is 0 Å². The van der Waals surface area contributed by atoms with Crippen molar-refractivity contribution in [3.63, 3.8) is 0 Å². The number of ether oxygens (including phenoxy) is 1. The van der Waals surface area contributed by atoms with E-state index in [4.69, 9.17) is 0 Å². The molecular formula is C22H21N3O3. The molecule has 0 atom stereocenters. The van der Waals surface area contributed by atoms with Gasteiger partial charge < -0.3 is 15.4 Å². The van der Waals surface area contributed by atoms with E-state index < -0.39 is 0 Å². The van der Waals surface area contributed by atoms with E-state index in [0.717, 1.165) is 28.2 Å². The molecule has 0 spiro atoms. The van der Waals surface area contributed by atoms with Crippen molar-refractivity contribution < 1.29 is 14.3 Å². The van der Waals surface area contributed by atoms with Crippen LogP contribution >= 0.6 is 0 Å². The summed E-state index contributed by atoms with van der Waals surface area (Å²) in [6.07, 6.45) is 1.59. The van der Waals surface area contributed by atoms with E-state index in [1.54, 1.807) is 42.6 Å². The van der Waals surface area contributed by atoms with Crippen LogP contribution in [0.1, 0.15) is 32.0 Å². The van der Waals surface area contributed by atoms with Crippen LogP contribution < -0.4 is 10.6 Å². The van der Waals surface area contributed by atoms with Gasteiger partial charge in [-0.25, -0.2) is 9.78 Å². The molecule has 0 aliphatic heterocycles. The number of carbonyl (C=O) groups excluding carboxylic acids is 2. The first kappa shape index (κ1) is 19.1. The molecule has 0 aliphatic carbocycles. The van der Waals surface area contributed by atoms with E-state index >= 15 is 0 Å². The van der Waals surface area contributed by atoms with Crippen molar-refractivity contribution in [3.8, 4) is 0 Å². The molecule has 1 amide bonds. The van der Waals surface area contributed by atoms with Gasteiger partial charge in [-0.1, -0.05) is 12.1 Å². The molecule has 28 heavy (non-hydrogen) atoms. The zero-order valence-electron chi connectivity index (χ0n) is 15.9. The van der Waals surface area contributed by atoms with Gasteiger partial charge in [-0.3, -0.25) is 4.79 Å². The first-order chi connectivity index (χ1) is 13.5. The average molecular weight is 375 g/mol. The van der Waals surface area contributed by atoms with E-state index in [-0.39, 0.29) is 11.9 Å². The molecule has 0 bridgehead atoms. The second kappa shape index (κ2) is 8.35. The third-order valence-electron chi connectivity index (χ3n) is 4.23. The number of amides is 1. The number of pyridine rings is 1. The molecule has 1 heterocycles. The Morgan fingerprint density at radius 2 is 1.64 bits per heavy atom. The smallest absolute Gasteiger partial charge is 0.337 e.